The molecule has 0 bridgehead atoms. The summed E-state index contributed by atoms with van der Waals surface area (Å²) < 4.78 is 6.92. The molecule has 7 heteroatoms. The third-order valence-electron chi connectivity index (χ3n) is 3.04. The van der Waals surface area contributed by atoms with Crippen molar-refractivity contribution >= 4 is 11.6 Å². The minimum atomic E-state index is -0.168. The van der Waals surface area contributed by atoms with Crippen LogP contribution >= 0.6 is 0 Å². The van der Waals surface area contributed by atoms with Crippen molar-refractivity contribution in [2.24, 2.45) is 0 Å². The first-order valence-corrected chi connectivity index (χ1v) is 6.95. The average Bonchev–Trinajstić information content (AvgIpc) is 2.96. The molecule has 0 fully saturated rings. The van der Waals surface area contributed by atoms with Crippen molar-refractivity contribution in [2.75, 3.05) is 6.61 Å². The molecule has 1 amide bonds. The van der Waals surface area contributed by atoms with Crippen molar-refractivity contribution in [3.8, 4) is 5.88 Å². The van der Waals surface area contributed by atoms with Crippen molar-refractivity contribution in [3.63, 3.8) is 0 Å². The second-order valence-corrected chi connectivity index (χ2v) is 4.54. The van der Waals surface area contributed by atoms with E-state index in [2.05, 4.69) is 20.6 Å². The molecule has 112 valence electrons. The molecule has 0 aliphatic carbocycles. The third-order valence-corrected chi connectivity index (χ3v) is 3.04. The van der Waals surface area contributed by atoms with Gasteiger partial charge in [-0.3, -0.25) is 4.79 Å². The Kier molecular flexibility index (Phi) is 3.95. The number of carbonyl (C=O) groups excluding carboxylic acids is 1. The first kappa shape index (κ1) is 14.0. The highest BCUT2D eigenvalue weighted by molar-refractivity contribution is 5.93. The van der Waals surface area contributed by atoms with Crippen molar-refractivity contribution < 1.29 is 9.53 Å². The summed E-state index contributed by atoms with van der Waals surface area (Å²) >= 11 is 0. The standard InChI is InChI=1S/C15H15N5O2/c1-2-22-14-9-8-12-17-18-13(20(12)19-14)10-16-15(21)11-6-4-3-5-7-11/h3-9H,2,10H2,1H3,(H,16,21). The molecule has 0 aliphatic heterocycles. The van der Waals surface area contributed by atoms with Gasteiger partial charge in [-0.15, -0.1) is 15.3 Å². The van der Waals surface area contributed by atoms with Crippen LogP contribution in [0.25, 0.3) is 5.65 Å². The Bertz CT molecular complexity index is 785. The Morgan fingerprint density at radius 1 is 1.18 bits per heavy atom. The van der Waals surface area contributed by atoms with Crippen LogP contribution in [-0.2, 0) is 6.54 Å². The van der Waals surface area contributed by atoms with E-state index in [1.807, 2.05) is 25.1 Å². The van der Waals surface area contributed by atoms with Gasteiger partial charge in [0.15, 0.2) is 11.5 Å². The van der Waals surface area contributed by atoms with Crippen LogP contribution in [0, 0.1) is 0 Å². The molecular weight excluding hydrogens is 282 g/mol. The number of fused-ring (bicyclic) bond motifs is 1. The number of nitrogens with zero attached hydrogens (tertiary/aromatic N) is 4. The van der Waals surface area contributed by atoms with Gasteiger partial charge in [0.25, 0.3) is 5.91 Å². The van der Waals surface area contributed by atoms with Crippen LogP contribution in [0.3, 0.4) is 0 Å². The SMILES string of the molecule is CCOc1ccc2nnc(CNC(=O)c3ccccc3)n2n1. The minimum Gasteiger partial charge on any atom is -0.477 e. The summed E-state index contributed by atoms with van der Waals surface area (Å²) in [5.41, 5.74) is 1.20. The highest BCUT2D eigenvalue weighted by atomic mass is 16.5. The van der Waals surface area contributed by atoms with Gasteiger partial charge in [-0.05, 0) is 25.1 Å². The highest BCUT2D eigenvalue weighted by Crippen LogP contribution is 2.09. The van der Waals surface area contributed by atoms with E-state index in [9.17, 15) is 4.79 Å². The number of rotatable bonds is 5. The summed E-state index contributed by atoms with van der Waals surface area (Å²) in [6.07, 6.45) is 0. The Morgan fingerprint density at radius 3 is 2.77 bits per heavy atom. The fraction of sp³-hybridized carbons (Fsp3) is 0.200. The van der Waals surface area contributed by atoms with Crippen molar-refractivity contribution in [1.82, 2.24) is 25.1 Å². The normalized spacial score (nSPS) is 10.6. The Labute approximate surface area is 126 Å². The predicted molar refractivity (Wildman–Crippen MR) is 79.6 cm³/mol. The predicted octanol–water partition coefficient (Wildman–Crippen LogP) is 1.45. The van der Waals surface area contributed by atoms with Crippen molar-refractivity contribution in [2.45, 2.75) is 13.5 Å². The van der Waals surface area contributed by atoms with E-state index >= 15 is 0 Å². The molecule has 7 nitrogen and oxygen atoms in total. The van der Waals surface area contributed by atoms with Gasteiger partial charge in [0.05, 0.1) is 13.2 Å². The zero-order chi connectivity index (χ0) is 15.4. The molecule has 0 unspecified atom stereocenters. The quantitative estimate of drug-likeness (QED) is 0.771. The molecule has 3 aromatic rings. The largest absolute Gasteiger partial charge is 0.477 e. The maximum absolute atomic E-state index is 12.0. The second-order valence-electron chi connectivity index (χ2n) is 4.54. The molecule has 0 aliphatic rings. The van der Waals surface area contributed by atoms with E-state index < -0.39 is 0 Å². The monoisotopic (exact) mass is 297 g/mol. The molecule has 1 aromatic carbocycles. The van der Waals surface area contributed by atoms with Gasteiger partial charge < -0.3 is 10.1 Å². The number of ether oxygens (including phenoxy) is 1. The number of hydrogen-bond donors (Lipinski definition) is 1. The Hall–Kier alpha value is -2.96. The number of benzene rings is 1. The summed E-state index contributed by atoms with van der Waals surface area (Å²) in [4.78, 5) is 12.0. The van der Waals surface area contributed by atoms with Crippen LogP contribution in [0.1, 0.15) is 23.1 Å². The summed E-state index contributed by atoms with van der Waals surface area (Å²) in [5, 5.41) is 15.2. The lowest BCUT2D eigenvalue weighted by Gasteiger charge is -2.05. The molecule has 22 heavy (non-hydrogen) atoms. The first-order chi connectivity index (χ1) is 10.8. The van der Waals surface area contributed by atoms with E-state index in [4.69, 9.17) is 4.74 Å². The van der Waals surface area contributed by atoms with Gasteiger partial charge in [0.2, 0.25) is 5.88 Å². The highest BCUT2D eigenvalue weighted by Gasteiger charge is 2.10. The van der Waals surface area contributed by atoms with E-state index in [1.165, 1.54) is 0 Å². The number of aromatic nitrogens is 4. The smallest absolute Gasteiger partial charge is 0.251 e. The number of nitrogens with one attached hydrogen (secondary N) is 1. The van der Waals surface area contributed by atoms with Gasteiger partial charge >= 0.3 is 0 Å². The lowest BCUT2D eigenvalue weighted by molar-refractivity contribution is 0.0949. The molecule has 1 N–H and O–H groups in total. The molecule has 3 rings (SSSR count). The Morgan fingerprint density at radius 2 is 2.00 bits per heavy atom. The summed E-state index contributed by atoms with van der Waals surface area (Å²) in [5.74, 6) is 0.865. The summed E-state index contributed by atoms with van der Waals surface area (Å²) in [7, 11) is 0. The number of amides is 1. The summed E-state index contributed by atoms with van der Waals surface area (Å²) in [6, 6.07) is 12.5. The fourth-order valence-corrected chi connectivity index (χ4v) is 2.00. The van der Waals surface area contributed by atoms with Gasteiger partial charge in [-0.2, -0.15) is 4.52 Å². The van der Waals surface area contributed by atoms with E-state index in [0.717, 1.165) is 0 Å². The second kappa shape index (κ2) is 6.21. The molecule has 2 heterocycles. The third kappa shape index (κ3) is 2.88. The van der Waals surface area contributed by atoms with E-state index in [0.29, 0.717) is 29.5 Å². The maximum atomic E-state index is 12.0. The molecule has 2 aromatic heterocycles. The van der Waals surface area contributed by atoms with Crippen LogP contribution in [0.15, 0.2) is 42.5 Å². The zero-order valence-corrected chi connectivity index (χ0v) is 12.1. The molecule has 0 saturated carbocycles. The van der Waals surface area contributed by atoms with E-state index in [1.54, 1.807) is 28.8 Å². The minimum absolute atomic E-state index is 0.168. The van der Waals surface area contributed by atoms with Crippen molar-refractivity contribution in [3.05, 3.63) is 53.9 Å². The average molecular weight is 297 g/mol. The lowest BCUT2D eigenvalue weighted by Crippen LogP contribution is -2.24. The fourth-order valence-electron chi connectivity index (χ4n) is 2.00. The van der Waals surface area contributed by atoms with Gasteiger partial charge in [-0.25, -0.2) is 0 Å². The molecule has 0 atom stereocenters. The molecule has 0 saturated heterocycles. The molecular formula is C15H15N5O2. The number of carbonyl (C=O) groups is 1. The lowest BCUT2D eigenvalue weighted by atomic mass is 10.2. The van der Waals surface area contributed by atoms with Gasteiger partial charge in [0.1, 0.15) is 0 Å². The number of hydrogen-bond acceptors (Lipinski definition) is 5. The summed E-state index contributed by atoms with van der Waals surface area (Å²) in [6.45, 7) is 2.65. The van der Waals surface area contributed by atoms with Crippen LogP contribution in [0.4, 0.5) is 0 Å². The van der Waals surface area contributed by atoms with Crippen LogP contribution in [-0.4, -0.2) is 32.3 Å². The first-order valence-electron chi connectivity index (χ1n) is 6.95. The van der Waals surface area contributed by atoms with Crippen LogP contribution in [0.5, 0.6) is 5.88 Å². The maximum Gasteiger partial charge on any atom is 0.251 e. The van der Waals surface area contributed by atoms with Crippen molar-refractivity contribution in [1.29, 1.82) is 0 Å². The van der Waals surface area contributed by atoms with Crippen LogP contribution in [0.2, 0.25) is 0 Å². The Balaban J connectivity index is 1.76. The van der Waals surface area contributed by atoms with Gasteiger partial charge in [0, 0.05) is 11.6 Å². The zero-order valence-electron chi connectivity index (χ0n) is 12.1. The molecule has 0 spiro atoms. The molecule has 0 radical (unpaired) electrons. The van der Waals surface area contributed by atoms with E-state index in [-0.39, 0.29) is 12.5 Å². The van der Waals surface area contributed by atoms with Gasteiger partial charge in [-0.1, -0.05) is 18.2 Å². The topological polar surface area (TPSA) is 81.4 Å². The van der Waals surface area contributed by atoms with Crippen LogP contribution < -0.4 is 10.1 Å².